The number of hydrogen-bond donors (Lipinski definition) is 2. The van der Waals surface area contributed by atoms with Gasteiger partial charge in [0.25, 0.3) is 5.91 Å². The Morgan fingerprint density at radius 3 is 2.57 bits per heavy atom. The van der Waals surface area contributed by atoms with Crippen LogP contribution in [-0.4, -0.2) is 5.91 Å². The van der Waals surface area contributed by atoms with E-state index in [4.69, 9.17) is 12.0 Å². The van der Waals surface area contributed by atoms with Crippen molar-refractivity contribution in [1.82, 2.24) is 0 Å². The number of H-pyrrole nitrogens is 1. The minimum absolute atomic E-state index is 0.272. The molecule has 2 heterocycles. The van der Waals surface area contributed by atoms with Gasteiger partial charge in [-0.3, -0.25) is 4.79 Å². The third kappa shape index (κ3) is 4.86. The van der Waals surface area contributed by atoms with E-state index in [1.165, 1.54) is 4.98 Å². The zero-order chi connectivity index (χ0) is 26.9. The molecule has 0 unspecified atom stereocenters. The van der Waals surface area contributed by atoms with Crippen LogP contribution in [0.15, 0.2) is 119 Å². The second-order valence-corrected chi connectivity index (χ2v) is 8.69. The van der Waals surface area contributed by atoms with E-state index in [1.807, 2.05) is 85.8 Å². The first-order chi connectivity index (χ1) is 19.0. The first-order valence-electron chi connectivity index (χ1n) is 12.8. The second kappa shape index (κ2) is 9.51. The van der Waals surface area contributed by atoms with E-state index in [9.17, 15) is 4.79 Å². The number of hydrogen-bond acceptors (Lipinski definition) is 4. The highest BCUT2D eigenvalue weighted by Crippen LogP contribution is 2.35. The summed E-state index contributed by atoms with van der Waals surface area (Å²) in [5.41, 5.74) is 5.60. The maximum absolute atomic E-state index is 12.7. The Balaban J connectivity index is 1.23. The lowest BCUT2D eigenvalue weighted by Crippen LogP contribution is -2.11. The van der Waals surface area contributed by atoms with E-state index in [1.54, 1.807) is 30.4 Å². The number of para-hydroxylation sites is 1. The Morgan fingerprint density at radius 2 is 1.76 bits per heavy atom. The summed E-state index contributed by atoms with van der Waals surface area (Å²) in [6.45, 7) is 1.84. The summed E-state index contributed by atoms with van der Waals surface area (Å²) >= 11 is 0. The molecule has 5 aromatic rings. The number of ether oxygens (including phenoxy) is 1. The molecule has 0 saturated heterocycles. The zero-order valence-electron chi connectivity index (χ0n) is 22.0. The lowest BCUT2D eigenvalue weighted by molar-refractivity contribution is -0.357. The van der Waals surface area contributed by atoms with E-state index in [0.29, 0.717) is 39.7 Å². The number of anilines is 2. The number of fused-ring (bicyclic) bond motifs is 2. The van der Waals surface area contributed by atoms with Gasteiger partial charge in [0, 0.05) is 23.4 Å². The highest BCUT2D eigenvalue weighted by atomic mass is 16.5. The van der Waals surface area contributed by atoms with Crippen molar-refractivity contribution in [3.05, 3.63) is 126 Å². The molecular weight excluding hydrogens is 462 g/mol. The van der Waals surface area contributed by atoms with Crippen LogP contribution in [-0.2, 0) is 0 Å². The van der Waals surface area contributed by atoms with E-state index in [-0.39, 0.29) is 11.8 Å². The highest BCUT2D eigenvalue weighted by molar-refractivity contribution is 6.05. The molecule has 1 aliphatic heterocycles. The number of carbonyl (C=O) groups excluding carboxylic acids is 1. The van der Waals surface area contributed by atoms with E-state index in [0.717, 1.165) is 22.0 Å². The number of aromatic amines is 1. The van der Waals surface area contributed by atoms with Crippen molar-refractivity contribution in [2.45, 2.75) is 6.92 Å². The lowest BCUT2D eigenvalue weighted by Gasteiger charge is -2.05. The molecule has 0 radical (unpaired) electrons. The molecule has 1 aliphatic rings. The predicted molar refractivity (Wildman–Crippen MR) is 145 cm³/mol. The fourth-order valence-corrected chi connectivity index (χ4v) is 4.12. The van der Waals surface area contributed by atoms with Crippen LogP contribution in [0.5, 0.6) is 5.75 Å². The Hall–Kier alpha value is -5.10. The predicted octanol–water partition coefficient (Wildman–Crippen LogP) is 6.92. The summed E-state index contributed by atoms with van der Waals surface area (Å²) in [4.78, 5) is 14.0. The van der Waals surface area contributed by atoms with Gasteiger partial charge >= 0.3 is 7.30 Å². The van der Waals surface area contributed by atoms with Crippen molar-refractivity contribution in [1.29, 1.82) is 0 Å². The van der Waals surface area contributed by atoms with Gasteiger partial charge in [-0.1, -0.05) is 54.6 Å². The summed E-state index contributed by atoms with van der Waals surface area (Å²) in [5.74, 6) is 0.828. The van der Waals surface area contributed by atoms with Gasteiger partial charge < -0.3 is 19.8 Å². The maximum Gasteiger partial charge on any atom is 0.458 e. The van der Waals surface area contributed by atoms with Gasteiger partial charge in [-0.2, -0.15) is 4.98 Å². The summed E-state index contributed by atoms with van der Waals surface area (Å²) in [5, 5.41) is 3.99. The summed E-state index contributed by atoms with van der Waals surface area (Å²) < 4.78 is 28.9. The Bertz CT molecular complexity index is 1760. The van der Waals surface area contributed by atoms with Crippen LogP contribution in [0, 0.1) is 0 Å². The van der Waals surface area contributed by atoms with Crippen LogP contribution in [0.4, 0.5) is 11.4 Å². The van der Waals surface area contributed by atoms with Crippen molar-refractivity contribution >= 4 is 34.5 Å². The molecule has 1 amide bonds. The van der Waals surface area contributed by atoms with Gasteiger partial charge in [0.05, 0.1) is 11.8 Å². The van der Waals surface area contributed by atoms with Gasteiger partial charge in [-0.05, 0) is 60.0 Å². The largest absolute Gasteiger partial charge is 0.458 e. The molecular formula is C31H24N3O3+. The van der Waals surface area contributed by atoms with Crippen LogP contribution >= 0.6 is 0 Å². The fourth-order valence-electron chi connectivity index (χ4n) is 4.12. The number of rotatable bonds is 5. The molecule has 0 atom stereocenters. The van der Waals surface area contributed by atoms with E-state index in [2.05, 4.69) is 5.32 Å². The molecule has 0 bridgehead atoms. The van der Waals surface area contributed by atoms with Crippen molar-refractivity contribution < 1.29 is 21.7 Å². The molecule has 1 aromatic heterocycles. The smallest absolute Gasteiger partial charge is 0.439 e. The first-order valence-corrected chi connectivity index (χ1v) is 11.9. The maximum atomic E-state index is 12.7. The number of aromatic nitrogens is 1. The standard InChI is InChI=1S/C31H23N3O3/c1-20(16-29-33-25-18-22(12-14-27(25)36-29)21-8-4-2-5-9-21)17-30-34-26-19-23(13-15-28(26)37-30)31(35)32-24-10-6-3-7-11-24/h2-19,34H,1H3,(H,32,35)/p+1/i/hD2. The van der Waals surface area contributed by atoms with Gasteiger partial charge in [-0.15, -0.1) is 0 Å². The molecule has 180 valence electrons. The molecule has 37 heavy (non-hydrogen) atoms. The molecule has 0 aliphatic carbocycles. The van der Waals surface area contributed by atoms with Gasteiger partial charge in [0.2, 0.25) is 11.1 Å². The van der Waals surface area contributed by atoms with Crippen LogP contribution in [0.1, 0.15) is 23.2 Å². The zero-order valence-corrected chi connectivity index (χ0v) is 20.0. The Morgan fingerprint density at radius 1 is 0.973 bits per heavy atom. The summed E-state index contributed by atoms with van der Waals surface area (Å²) in [7, 11) is 0. The van der Waals surface area contributed by atoms with Crippen LogP contribution in [0.3, 0.4) is 0 Å². The normalized spacial score (nSPS) is 14.8. The van der Waals surface area contributed by atoms with Crippen molar-refractivity contribution in [2.75, 3.05) is 10.6 Å². The minimum atomic E-state index is -0.272. The van der Waals surface area contributed by atoms with Gasteiger partial charge in [0.15, 0.2) is 13.0 Å². The number of oxazole rings is 1. The van der Waals surface area contributed by atoms with Crippen LogP contribution in [0.25, 0.3) is 28.3 Å². The quantitative estimate of drug-likeness (QED) is 0.282. The van der Waals surface area contributed by atoms with Crippen molar-refractivity contribution in [3.63, 3.8) is 0 Å². The highest BCUT2D eigenvalue weighted by Gasteiger charge is 2.19. The van der Waals surface area contributed by atoms with Crippen LogP contribution < -0.4 is 20.3 Å². The summed E-state index contributed by atoms with van der Waals surface area (Å²) in [6.07, 6.45) is 3.42. The lowest BCUT2D eigenvalue weighted by atomic mass is 10.1. The number of benzene rings is 4. The Kier molecular flexibility index (Phi) is 5.17. The SMILES string of the molecule is [2H]N1C(=CC(C)=Cc2oc3ccc(-c4ccccc4)cc3[n+]2[2H])Oc2ccc(C(=O)Nc3ccccc3)cc21. The van der Waals surface area contributed by atoms with E-state index < -0.39 is 0 Å². The molecule has 3 N–H and O–H groups in total. The fraction of sp³-hybridized carbons (Fsp3) is 0.0323. The average Bonchev–Trinajstić information content (AvgIpc) is 3.44. The number of allylic oxidation sites excluding steroid dienone is 2. The summed E-state index contributed by atoms with van der Waals surface area (Å²) in [6, 6.07) is 29.9. The van der Waals surface area contributed by atoms with E-state index >= 15 is 0 Å². The molecule has 0 spiro atoms. The molecule has 0 saturated carbocycles. The number of carbonyl (C=O) groups is 1. The van der Waals surface area contributed by atoms with Gasteiger partial charge in [-0.25, -0.2) is 0 Å². The second-order valence-electron chi connectivity index (χ2n) is 8.69. The van der Waals surface area contributed by atoms with Gasteiger partial charge in [0.1, 0.15) is 0 Å². The average molecular weight is 489 g/mol. The van der Waals surface area contributed by atoms with Crippen molar-refractivity contribution in [3.8, 4) is 16.9 Å². The Labute approximate surface area is 216 Å². The van der Waals surface area contributed by atoms with Crippen LogP contribution in [0.2, 0.25) is 2.82 Å². The molecule has 6 heteroatoms. The topological polar surface area (TPSA) is 77.6 Å². The molecule has 6 rings (SSSR count). The molecule has 0 fully saturated rings. The molecule has 4 aromatic carbocycles. The third-order valence-electron chi connectivity index (χ3n) is 5.91. The number of nitrogens with one attached hydrogen (secondary N) is 3. The minimum Gasteiger partial charge on any atom is -0.439 e. The monoisotopic (exact) mass is 488 g/mol. The first kappa shape index (κ1) is 20.1. The number of amides is 1. The molecule has 6 nitrogen and oxygen atoms in total. The third-order valence-corrected chi connectivity index (χ3v) is 5.91. The van der Waals surface area contributed by atoms with Crippen molar-refractivity contribution in [2.24, 2.45) is 0 Å².